The summed E-state index contributed by atoms with van der Waals surface area (Å²) in [6, 6.07) is 0. The Hall–Kier alpha value is -1.72. The zero-order chi connectivity index (χ0) is 59.5. The summed E-state index contributed by atoms with van der Waals surface area (Å²) in [5, 5.41) is 125. The first kappa shape index (κ1) is 63.8. The molecule has 0 unspecified atom stereocenters. The summed E-state index contributed by atoms with van der Waals surface area (Å²) < 4.78 is 97.9. The van der Waals surface area contributed by atoms with E-state index in [2.05, 4.69) is 20.8 Å². The third kappa shape index (κ3) is 10.4. The molecule has 26 nitrogen and oxygen atoms in total. The number of fused-ring (bicyclic) bond motifs is 4. The van der Waals surface area contributed by atoms with Gasteiger partial charge in [0.05, 0.1) is 38.1 Å². The van der Waals surface area contributed by atoms with Crippen molar-refractivity contribution in [3.05, 3.63) is 11.6 Å². The van der Waals surface area contributed by atoms with E-state index in [4.69, 9.17) is 51.6 Å². The van der Waals surface area contributed by atoms with Crippen molar-refractivity contribution in [2.45, 2.75) is 253 Å². The number of carbonyl (C=O) groups excluding carboxylic acids is 1. The molecule has 5 saturated heterocycles. The zero-order valence-corrected chi connectivity index (χ0v) is 48.2. The molecule has 0 aromatic rings. The first-order chi connectivity index (χ1) is 37.8. The Bertz CT molecular complexity index is 2380. The fraction of sp³-hybridized carbons (Fsp3) is 0.944. The summed E-state index contributed by atoms with van der Waals surface area (Å²) in [6.45, 7) is 13.5. The molecular weight excluding hydrogens is 1100 g/mol. The van der Waals surface area contributed by atoms with Crippen LogP contribution in [-0.2, 0) is 66.7 Å². The Labute approximate surface area is 471 Å². The quantitative estimate of drug-likeness (QED) is 0.0345. The number of carbonyl (C=O) groups is 1. The van der Waals surface area contributed by atoms with E-state index in [-0.39, 0.29) is 11.8 Å². The van der Waals surface area contributed by atoms with Crippen LogP contribution in [-0.4, -0.2) is 242 Å². The second-order valence-corrected chi connectivity index (χ2v) is 27.1. The number of hydrogen-bond acceptors (Lipinski definition) is 25. The molecule has 5 heterocycles. The SMILES string of the molecule is CO[C@@H]1[C@@H](O)[C@H](O[C@@H]2[C@@H](O)[C@H](O[C@H]3[C@H](O)[C@@H](O)[C@H](O[C@H]4[C@H](O[C@H]5CC[C@]6(C)C7=C[C@H](O)[C@]89C(=O)O[C@@](C)(CCCC(C)C)[C@@]8(O)CC[C@@]9(C)[C@H]7CC[C@H]6C5(C)C)OC[C@@H](OS(=O)(=O)O)[C@@H]4O)O[C@@H]3C)O[C@H](CO)[C@H]2O)O[C@H](CO)[C@H]1O. The van der Waals surface area contributed by atoms with Gasteiger partial charge in [0.2, 0.25) is 0 Å². The molecule has 27 heteroatoms. The number of esters is 1. The van der Waals surface area contributed by atoms with E-state index in [1.54, 1.807) is 0 Å². The molecule has 8 fully saturated rings. The molecule has 0 radical (unpaired) electrons. The second kappa shape index (κ2) is 23.1. The molecule has 12 N–H and O–H groups in total. The minimum absolute atomic E-state index is 0.111. The van der Waals surface area contributed by atoms with Crippen LogP contribution in [0, 0.1) is 39.4 Å². The molecule has 4 aliphatic carbocycles. The topological polar surface area (TPSA) is 396 Å². The Morgan fingerprint density at radius 1 is 0.704 bits per heavy atom. The first-order valence-electron chi connectivity index (χ1n) is 28.5. The van der Waals surface area contributed by atoms with E-state index in [1.165, 1.54) is 14.0 Å². The number of methoxy groups -OCH3 is 1. The molecule has 0 bridgehead atoms. The minimum Gasteiger partial charge on any atom is -0.456 e. The van der Waals surface area contributed by atoms with Gasteiger partial charge in [0.1, 0.15) is 102 Å². The van der Waals surface area contributed by atoms with Crippen molar-refractivity contribution in [2.75, 3.05) is 26.9 Å². The van der Waals surface area contributed by atoms with Gasteiger partial charge in [0, 0.05) is 7.11 Å². The molecule has 1 spiro atoms. The average Bonchev–Trinajstić information content (AvgIpc) is 1.90. The lowest BCUT2D eigenvalue weighted by Gasteiger charge is -2.64. The van der Waals surface area contributed by atoms with E-state index in [9.17, 15) is 73.9 Å². The van der Waals surface area contributed by atoms with E-state index in [1.807, 2.05) is 33.8 Å². The molecule has 9 aliphatic rings. The monoisotopic (exact) mass is 1180 g/mol. The maximum atomic E-state index is 14.5. The highest BCUT2D eigenvalue weighted by atomic mass is 32.3. The summed E-state index contributed by atoms with van der Waals surface area (Å²) >= 11 is 0. The number of rotatable bonds is 17. The van der Waals surface area contributed by atoms with Crippen molar-refractivity contribution in [3.8, 4) is 0 Å². The summed E-state index contributed by atoms with van der Waals surface area (Å²) in [4.78, 5) is 14.5. The smallest absolute Gasteiger partial charge is 0.397 e. The highest BCUT2D eigenvalue weighted by molar-refractivity contribution is 7.80. The summed E-state index contributed by atoms with van der Waals surface area (Å²) in [7, 11) is -4.01. The normalized spacial score (nSPS) is 51.7. The van der Waals surface area contributed by atoms with Crippen LogP contribution in [0.2, 0.25) is 0 Å². The van der Waals surface area contributed by atoms with Gasteiger partial charge >= 0.3 is 16.4 Å². The van der Waals surface area contributed by atoms with E-state index < -0.39 is 198 Å². The van der Waals surface area contributed by atoms with Crippen LogP contribution in [0.1, 0.15) is 113 Å². The molecule has 5 aliphatic heterocycles. The Kier molecular flexibility index (Phi) is 18.2. The maximum Gasteiger partial charge on any atom is 0.397 e. The van der Waals surface area contributed by atoms with Crippen molar-refractivity contribution in [1.82, 2.24) is 0 Å². The van der Waals surface area contributed by atoms with Crippen molar-refractivity contribution in [1.29, 1.82) is 0 Å². The van der Waals surface area contributed by atoms with Crippen LogP contribution < -0.4 is 0 Å². The number of cyclic esters (lactones) is 1. The predicted octanol–water partition coefficient (Wildman–Crippen LogP) is -1.40. The third-order valence-corrected chi connectivity index (χ3v) is 21.3. The van der Waals surface area contributed by atoms with Gasteiger partial charge in [-0.15, -0.1) is 0 Å². The van der Waals surface area contributed by atoms with Crippen LogP contribution in [0.3, 0.4) is 0 Å². The van der Waals surface area contributed by atoms with Gasteiger partial charge in [-0.2, -0.15) is 8.42 Å². The lowest BCUT2D eigenvalue weighted by Crippen LogP contribution is -2.68. The van der Waals surface area contributed by atoms with Crippen molar-refractivity contribution < 1.29 is 125 Å². The largest absolute Gasteiger partial charge is 0.456 e. The first-order valence-corrected chi connectivity index (χ1v) is 29.9. The van der Waals surface area contributed by atoms with Crippen LogP contribution in [0.4, 0.5) is 0 Å². The predicted molar refractivity (Wildman–Crippen MR) is 274 cm³/mol. The molecule has 28 atom stereocenters. The van der Waals surface area contributed by atoms with Gasteiger partial charge in [-0.05, 0) is 99.2 Å². The lowest BCUT2D eigenvalue weighted by molar-refractivity contribution is -0.389. The summed E-state index contributed by atoms with van der Waals surface area (Å²) in [5.41, 5.74) is -5.44. The number of aliphatic hydroxyl groups is 11. The minimum atomic E-state index is -5.19. The summed E-state index contributed by atoms with van der Waals surface area (Å²) in [6.07, 6.45) is -27.3. The Balaban J connectivity index is 0.911. The molecular formula is C54H88O26S. The van der Waals surface area contributed by atoms with E-state index >= 15 is 0 Å². The van der Waals surface area contributed by atoms with Crippen molar-refractivity contribution >= 4 is 16.4 Å². The standard InChI is InChI=1S/C54H88O26S/c1-23(2)11-10-15-52(8)53(66)18-17-51(7)25-12-13-30-49(4,5)32(14-16-50(30,6)26(25)19-31(57)54(51,53)48(65)79-52)75-47-43(35(60)29(22-71-47)80-81(67,68)69)78-44-37(62)36(61)40(24(3)72-44)76-46-39(64)42(34(59)28(21-56)74-46)77-45-38(63)41(70-9)33(58)27(20-55)73-45/h19,23-25,27-47,55-64,66H,10-18,20-22H2,1-9H3,(H,67,68,69)/t24-,25+,27-,28-,29-,30+,31+,32+,33-,34-,35+,36-,37-,38-,39-,40-,41+,42+,43-,44+,45+,46+,47+,50-,51+,52+,53+,54-/m1/s1. The molecule has 9 rings (SSSR count). The van der Waals surface area contributed by atoms with Crippen LogP contribution in [0.5, 0.6) is 0 Å². The maximum absolute atomic E-state index is 14.5. The molecule has 0 amide bonds. The van der Waals surface area contributed by atoms with Crippen molar-refractivity contribution in [3.63, 3.8) is 0 Å². The number of hydrogen-bond donors (Lipinski definition) is 12. The van der Waals surface area contributed by atoms with Gasteiger partial charge < -0.3 is 104 Å². The molecule has 3 saturated carbocycles. The van der Waals surface area contributed by atoms with Crippen LogP contribution in [0.25, 0.3) is 0 Å². The highest BCUT2D eigenvalue weighted by Gasteiger charge is 2.85. The molecule has 0 aromatic heterocycles. The van der Waals surface area contributed by atoms with Crippen LogP contribution >= 0.6 is 0 Å². The van der Waals surface area contributed by atoms with Gasteiger partial charge in [0.25, 0.3) is 0 Å². The van der Waals surface area contributed by atoms with Crippen molar-refractivity contribution in [2.24, 2.45) is 39.4 Å². The number of ether oxygens (including phenoxy) is 10. The number of aliphatic hydroxyl groups excluding tert-OH is 10. The second-order valence-electron chi connectivity index (χ2n) is 26.0. The van der Waals surface area contributed by atoms with Crippen LogP contribution in [0.15, 0.2) is 11.6 Å². The number of allylic oxidation sites excluding steroid dienone is 1. The fourth-order valence-corrected chi connectivity index (χ4v) is 16.9. The van der Waals surface area contributed by atoms with Gasteiger partial charge in [-0.25, -0.2) is 4.18 Å². The van der Waals surface area contributed by atoms with Gasteiger partial charge in [-0.1, -0.05) is 59.6 Å². The fourth-order valence-electron chi connectivity index (χ4n) is 16.4. The Morgan fingerprint density at radius 2 is 1.30 bits per heavy atom. The van der Waals surface area contributed by atoms with E-state index in [0.717, 1.165) is 18.4 Å². The summed E-state index contributed by atoms with van der Waals surface area (Å²) in [5.74, 6) is -0.430. The zero-order valence-electron chi connectivity index (χ0n) is 47.4. The highest BCUT2D eigenvalue weighted by Crippen LogP contribution is 2.77. The lowest BCUT2D eigenvalue weighted by atomic mass is 9.40. The molecule has 466 valence electrons. The third-order valence-electron chi connectivity index (χ3n) is 20.8. The molecule has 0 aromatic carbocycles. The average molecular weight is 1190 g/mol. The van der Waals surface area contributed by atoms with E-state index in [0.29, 0.717) is 50.9 Å². The van der Waals surface area contributed by atoms with Gasteiger partial charge in [-0.3, -0.25) is 9.35 Å². The Morgan fingerprint density at radius 3 is 1.90 bits per heavy atom. The molecule has 81 heavy (non-hydrogen) atoms. The van der Waals surface area contributed by atoms with Gasteiger partial charge in [0.15, 0.2) is 25.2 Å².